The monoisotopic (exact) mass is 736 g/mol. The summed E-state index contributed by atoms with van der Waals surface area (Å²) in [7, 11) is 3.97. The number of fused-ring (bicyclic) bond motifs is 2. The van der Waals surface area contributed by atoms with Gasteiger partial charge in [0.05, 0.1) is 25.0 Å². The second-order valence-electron chi connectivity index (χ2n) is 12.9. The Morgan fingerprint density at radius 3 is 2.25 bits per heavy atom. The minimum absolute atomic E-state index is 0.00943. The summed E-state index contributed by atoms with van der Waals surface area (Å²) in [6, 6.07) is 0. The molecule has 2 heterocycles. The number of ketones is 2. The third-order valence-corrected chi connectivity index (χ3v) is 9.02. The SMILES string of the molecule is COC1=C2C[C@@H](C)C[C@H](OC)[C@H](OC3OC(C(=O)O)C(O)C(O)C3O)[C@@H](C)/C=C(\C)[C@H](OC(N)=O)[C@@H](OC)/C=C\C=C(/C)C(=O)NC(=CC1=O)C2=O. The fourth-order valence-corrected chi connectivity index (χ4v) is 6.30. The van der Waals surface area contributed by atoms with Gasteiger partial charge in [0.15, 0.2) is 24.3 Å². The maximum Gasteiger partial charge on any atom is 0.405 e. The number of aliphatic hydroxyl groups is 3. The predicted octanol–water partition coefficient (Wildman–Crippen LogP) is 0.325. The number of aliphatic hydroxyl groups excluding tert-OH is 3. The average molecular weight is 737 g/mol. The van der Waals surface area contributed by atoms with E-state index in [1.165, 1.54) is 46.5 Å². The molecule has 1 saturated heterocycles. The Morgan fingerprint density at radius 2 is 1.67 bits per heavy atom. The first-order valence-corrected chi connectivity index (χ1v) is 16.5. The molecule has 0 aromatic rings. The van der Waals surface area contributed by atoms with Crippen LogP contribution in [-0.4, -0.2) is 126 Å². The number of methoxy groups -OCH3 is 3. The number of amides is 2. The zero-order chi connectivity index (χ0) is 39.0. The maximum atomic E-state index is 13.7. The number of hydrogen-bond acceptors (Lipinski definition) is 14. The Morgan fingerprint density at radius 1 is 1.00 bits per heavy atom. The van der Waals surface area contributed by atoms with Gasteiger partial charge in [-0.05, 0) is 38.2 Å². The van der Waals surface area contributed by atoms with Crippen LogP contribution in [-0.2, 0) is 47.6 Å². The van der Waals surface area contributed by atoms with Crippen molar-refractivity contribution in [2.24, 2.45) is 17.6 Å². The lowest BCUT2D eigenvalue weighted by Crippen LogP contribution is -2.61. The number of carbonyl (C=O) groups excluding carboxylic acids is 4. The molecule has 0 saturated carbocycles. The molecule has 2 aliphatic heterocycles. The normalized spacial score (nSPS) is 36.8. The van der Waals surface area contributed by atoms with E-state index in [4.69, 9.17) is 34.2 Å². The van der Waals surface area contributed by atoms with Gasteiger partial charge in [0.2, 0.25) is 11.6 Å². The standard InChI is InChI=1S/C35H48N2O15/c1-15-11-19-24(39)20(14-21(38)30(19)49-7)37-32(43)16(2)9-8-10-22(47-5)28(52-35(36)46)17(3)13-18(4)29(23(12-15)48-6)50-34-27(42)25(40)26(41)31(51-34)33(44)45/h8-10,13-15,18,22-23,25-29,31,34,40-42H,11-12H2,1-7H3,(H2,36,46)(H,37,43)(H,44,45)/b10-8-,16-9+,17-13+/t15-,18+,22+,23+,25?,26?,27?,28+,29-,31?,34?/m1/s1. The van der Waals surface area contributed by atoms with Gasteiger partial charge in [0, 0.05) is 37.4 Å². The van der Waals surface area contributed by atoms with Crippen molar-refractivity contribution in [1.29, 1.82) is 0 Å². The molecule has 3 aliphatic rings. The summed E-state index contributed by atoms with van der Waals surface area (Å²) in [5.41, 5.74) is 5.74. The number of allylic oxidation sites excluding steroid dienone is 4. The number of primary amides is 1. The van der Waals surface area contributed by atoms with Crippen molar-refractivity contribution in [2.45, 2.75) is 95.7 Å². The van der Waals surface area contributed by atoms with E-state index >= 15 is 0 Å². The molecule has 0 spiro atoms. The van der Waals surface area contributed by atoms with E-state index in [1.54, 1.807) is 26.8 Å². The molecule has 0 radical (unpaired) electrons. The first-order chi connectivity index (χ1) is 24.4. The van der Waals surface area contributed by atoms with Gasteiger partial charge in [0.25, 0.3) is 5.91 Å². The molecule has 1 fully saturated rings. The minimum atomic E-state index is -1.97. The Hall–Kier alpha value is -4.23. The molecule has 17 heteroatoms. The molecular formula is C35H48N2O15. The molecule has 7 N–H and O–H groups in total. The zero-order valence-electron chi connectivity index (χ0n) is 30.0. The number of nitrogens with one attached hydrogen (secondary N) is 1. The fraction of sp³-hybridized carbons (Fsp3) is 0.571. The summed E-state index contributed by atoms with van der Waals surface area (Å²) in [6.07, 6.45) is -7.58. The van der Waals surface area contributed by atoms with Crippen molar-refractivity contribution in [3.63, 3.8) is 0 Å². The van der Waals surface area contributed by atoms with Crippen LogP contribution in [0.1, 0.15) is 40.5 Å². The average Bonchev–Trinajstić information content (AvgIpc) is 3.08. The van der Waals surface area contributed by atoms with E-state index in [0.29, 0.717) is 5.57 Å². The molecule has 2 amide bonds. The lowest BCUT2D eigenvalue weighted by Gasteiger charge is -2.42. The summed E-state index contributed by atoms with van der Waals surface area (Å²) < 4.78 is 33.8. The summed E-state index contributed by atoms with van der Waals surface area (Å²) in [5.74, 6) is -4.90. The molecule has 3 rings (SSSR count). The number of ether oxygens (including phenoxy) is 6. The van der Waals surface area contributed by atoms with E-state index in [-0.39, 0.29) is 35.4 Å². The highest BCUT2D eigenvalue weighted by atomic mass is 16.7. The van der Waals surface area contributed by atoms with Crippen LogP contribution >= 0.6 is 0 Å². The van der Waals surface area contributed by atoms with E-state index < -0.39 is 96.5 Å². The number of aliphatic carboxylic acids is 1. The number of carbonyl (C=O) groups is 5. The van der Waals surface area contributed by atoms with Crippen LogP contribution < -0.4 is 11.1 Å². The fourth-order valence-electron chi connectivity index (χ4n) is 6.30. The molecule has 288 valence electrons. The molecule has 1 aliphatic carbocycles. The third kappa shape index (κ3) is 10.0. The molecule has 17 nitrogen and oxygen atoms in total. The van der Waals surface area contributed by atoms with Gasteiger partial charge in [-0.1, -0.05) is 38.2 Å². The second kappa shape index (κ2) is 18.5. The third-order valence-electron chi connectivity index (χ3n) is 9.02. The van der Waals surface area contributed by atoms with Gasteiger partial charge in [0.1, 0.15) is 24.4 Å². The van der Waals surface area contributed by atoms with E-state index in [9.17, 15) is 44.4 Å². The van der Waals surface area contributed by atoms with Gasteiger partial charge < -0.3 is 59.9 Å². The zero-order valence-corrected chi connectivity index (χ0v) is 30.0. The summed E-state index contributed by atoms with van der Waals surface area (Å²) >= 11 is 0. The first-order valence-electron chi connectivity index (χ1n) is 16.5. The summed E-state index contributed by atoms with van der Waals surface area (Å²) in [4.78, 5) is 63.6. The highest BCUT2D eigenvalue weighted by Crippen LogP contribution is 2.33. The smallest absolute Gasteiger partial charge is 0.405 e. The van der Waals surface area contributed by atoms with Crippen LogP contribution in [0.5, 0.6) is 0 Å². The molecule has 0 aromatic carbocycles. The van der Waals surface area contributed by atoms with Crippen molar-refractivity contribution in [2.75, 3.05) is 21.3 Å². The quantitative estimate of drug-likeness (QED) is 0.152. The van der Waals surface area contributed by atoms with Crippen molar-refractivity contribution in [1.82, 2.24) is 5.32 Å². The highest BCUT2D eigenvalue weighted by molar-refractivity contribution is 6.23. The van der Waals surface area contributed by atoms with Crippen molar-refractivity contribution >= 4 is 29.5 Å². The van der Waals surface area contributed by atoms with E-state index in [1.807, 2.05) is 0 Å². The van der Waals surface area contributed by atoms with Gasteiger partial charge in [-0.2, -0.15) is 0 Å². The van der Waals surface area contributed by atoms with Crippen molar-refractivity contribution in [3.05, 3.63) is 58.6 Å². The summed E-state index contributed by atoms with van der Waals surface area (Å²) in [6.45, 7) is 6.57. The highest BCUT2D eigenvalue weighted by Gasteiger charge is 2.49. The number of carboxylic acid groups (broad SMARTS) is 1. The molecule has 52 heavy (non-hydrogen) atoms. The van der Waals surface area contributed by atoms with Crippen LogP contribution in [0.25, 0.3) is 0 Å². The van der Waals surface area contributed by atoms with Gasteiger partial charge in [-0.15, -0.1) is 0 Å². The number of carboxylic acids is 1. The second-order valence-corrected chi connectivity index (χ2v) is 12.9. The molecular weight excluding hydrogens is 688 g/mol. The van der Waals surface area contributed by atoms with Crippen LogP contribution in [0.4, 0.5) is 4.79 Å². The maximum absolute atomic E-state index is 13.7. The van der Waals surface area contributed by atoms with Crippen LogP contribution in [0.3, 0.4) is 0 Å². The van der Waals surface area contributed by atoms with E-state index in [2.05, 4.69) is 5.32 Å². The lowest BCUT2D eigenvalue weighted by atomic mass is 9.85. The number of rotatable bonds is 7. The molecule has 5 unspecified atom stereocenters. The van der Waals surface area contributed by atoms with Gasteiger partial charge in [-0.3, -0.25) is 14.4 Å². The Balaban J connectivity index is 2.19. The molecule has 0 aromatic heterocycles. The largest absolute Gasteiger partial charge is 0.492 e. The number of Topliss-reactive ketones (excluding diaryl/α,β-unsaturated/α-hetero) is 1. The molecule has 2 bridgehead atoms. The van der Waals surface area contributed by atoms with Gasteiger partial charge in [-0.25, -0.2) is 9.59 Å². The first kappa shape index (κ1) is 42.2. The molecule has 11 atom stereocenters. The van der Waals surface area contributed by atoms with Crippen LogP contribution in [0, 0.1) is 11.8 Å². The predicted molar refractivity (Wildman–Crippen MR) is 180 cm³/mol. The lowest BCUT2D eigenvalue weighted by molar-refractivity contribution is -0.314. The Bertz CT molecular complexity index is 1530. The minimum Gasteiger partial charge on any atom is -0.492 e. The van der Waals surface area contributed by atoms with E-state index in [0.717, 1.165) is 6.08 Å². The number of nitrogens with two attached hydrogens (primary N) is 1. The van der Waals surface area contributed by atoms with Crippen LogP contribution in [0.2, 0.25) is 0 Å². The Labute approximate surface area is 300 Å². The topological polar surface area (TPSA) is 260 Å². The van der Waals surface area contributed by atoms with Crippen molar-refractivity contribution < 1.29 is 72.8 Å². The van der Waals surface area contributed by atoms with Crippen molar-refractivity contribution in [3.8, 4) is 0 Å². The summed E-state index contributed by atoms with van der Waals surface area (Å²) in [5, 5.41) is 43.6. The van der Waals surface area contributed by atoms with Crippen LogP contribution in [0.15, 0.2) is 58.6 Å². The Kier molecular flexibility index (Phi) is 15.0. The number of hydrogen-bond donors (Lipinski definition) is 6. The van der Waals surface area contributed by atoms with Gasteiger partial charge >= 0.3 is 12.1 Å².